The Bertz CT molecular complexity index is 532. The van der Waals surface area contributed by atoms with Crippen molar-refractivity contribution < 1.29 is 4.79 Å². The largest absolute Gasteiger partial charge is 0.348 e. The zero-order valence-corrected chi connectivity index (χ0v) is 14.5. The summed E-state index contributed by atoms with van der Waals surface area (Å²) in [4.78, 5) is 15.1. The number of fused-ring (bicyclic) bond motifs is 1. The van der Waals surface area contributed by atoms with Gasteiger partial charge in [0.05, 0.1) is 6.04 Å². The molecule has 1 aromatic rings. The Morgan fingerprint density at radius 3 is 2.45 bits per heavy atom. The van der Waals surface area contributed by atoms with Gasteiger partial charge < -0.3 is 9.47 Å². The number of hydrogen-bond acceptors (Lipinski definition) is 1. The summed E-state index contributed by atoms with van der Waals surface area (Å²) in [7, 11) is 0. The zero-order chi connectivity index (χ0) is 15.9. The average molecular weight is 302 g/mol. The maximum absolute atomic E-state index is 13.0. The van der Waals surface area contributed by atoms with Crippen LogP contribution < -0.4 is 0 Å². The molecule has 1 saturated carbocycles. The SMILES string of the molecule is CC1c2cccn2CCN1C(=O)C1CCC(C(C)(C)C)CC1. The van der Waals surface area contributed by atoms with E-state index in [1.165, 1.54) is 18.5 Å². The van der Waals surface area contributed by atoms with Crippen molar-refractivity contribution in [3.05, 3.63) is 24.0 Å². The molecule has 3 heteroatoms. The Balaban J connectivity index is 1.64. The second-order valence-electron chi connectivity index (χ2n) is 8.25. The molecule has 0 aromatic carbocycles. The van der Waals surface area contributed by atoms with E-state index in [0.29, 0.717) is 11.3 Å². The summed E-state index contributed by atoms with van der Waals surface area (Å²) in [6.45, 7) is 11.0. The van der Waals surface area contributed by atoms with Gasteiger partial charge in [-0.3, -0.25) is 4.79 Å². The van der Waals surface area contributed by atoms with Crippen molar-refractivity contribution in [2.24, 2.45) is 17.3 Å². The molecule has 1 unspecified atom stereocenters. The molecule has 0 radical (unpaired) electrons. The van der Waals surface area contributed by atoms with Crippen LogP contribution in [0.5, 0.6) is 0 Å². The molecule has 122 valence electrons. The number of carbonyl (C=O) groups excluding carboxylic acids is 1. The van der Waals surface area contributed by atoms with Crippen molar-refractivity contribution in [3.63, 3.8) is 0 Å². The van der Waals surface area contributed by atoms with Gasteiger partial charge >= 0.3 is 0 Å². The van der Waals surface area contributed by atoms with Crippen LogP contribution in [0.1, 0.15) is 65.1 Å². The summed E-state index contributed by atoms with van der Waals surface area (Å²) in [6.07, 6.45) is 6.69. The van der Waals surface area contributed by atoms with Crippen LogP contribution in [0.4, 0.5) is 0 Å². The van der Waals surface area contributed by atoms with Crippen LogP contribution in [0.15, 0.2) is 18.3 Å². The third kappa shape index (κ3) is 2.82. The molecule has 1 atom stereocenters. The predicted octanol–water partition coefficient (Wildman–Crippen LogP) is 4.24. The molecule has 0 spiro atoms. The van der Waals surface area contributed by atoms with E-state index in [-0.39, 0.29) is 12.0 Å². The normalized spacial score (nSPS) is 29.3. The summed E-state index contributed by atoms with van der Waals surface area (Å²) in [6, 6.07) is 4.46. The van der Waals surface area contributed by atoms with Crippen LogP contribution in [0.25, 0.3) is 0 Å². The third-order valence-corrected chi connectivity index (χ3v) is 5.93. The molecule has 0 N–H and O–H groups in total. The summed E-state index contributed by atoms with van der Waals surface area (Å²) in [5.41, 5.74) is 1.66. The number of hydrogen-bond donors (Lipinski definition) is 0. The van der Waals surface area contributed by atoms with Crippen molar-refractivity contribution in [2.45, 2.75) is 66.0 Å². The lowest BCUT2D eigenvalue weighted by atomic mass is 9.69. The van der Waals surface area contributed by atoms with Crippen LogP contribution in [0, 0.1) is 17.3 Å². The van der Waals surface area contributed by atoms with Crippen LogP contribution >= 0.6 is 0 Å². The van der Waals surface area contributed by atoms with Crippen molar-refractivity contribution in [2.75, 3.05) is 6.54 Å². The van der Waals surface area contributed by atoms with Gasteiger partial charge in [-0.25, -0.2) is 0 Å². The summed E-state index contributed by atoms with van der Waals surface area (Å²) in [5, 5.41) is 0. The highest BCUT2D eigenvalue weighted by atomic mass is 16.2. The Hall–Kier alpha value is -1.25. The lowest BCUT2D eigenvalue weighted by molar-refractivity contribution is -0.140. The average Bonchev–Trinajstić information content (AvgIpc) is 2.96. The topological polar surface area (TPSA) is 25.2 Å². The number of carbonyl (C=O) groups is 1. The monoisotopic (exact) mass is 302 g/mol. The smallest absolute Gasteiger partial charge is 0.226 e. The molecule has 2 heterocycles. The molecule has 1 fully saturated rings. The fourth-order valence-electron chi connectivity index (χ4n) is 4.32. The minimum absolute atomic E-state index is 0.219. The predicted molar refractivity (Wildman–Crippen MR) is 89.5 cm³/mol. The fraction of sp³-hybridized carbons (Fsp3) is 0.737. The lowest BCUT2D eigenvalue weighted by Gasteiger charge is -2.40. The van der Waals surface area contributed by atoms with E-state index in [2.05, 4.69) is 55.5 Å². The van der Waals surface area contributed by atoms with Gasteiger partial charge in [-0.1, -0.05) is 20.8 Å². The maximum Gasteiger partial charge on any atom is 0.226 e. The van der Waals surface area contributed by atoms with Crippen LogP contribution in [-0.2, 0) is 11.3 Å². The molecule has 1 aliphatic carbocycles. The standard InChI is InChI=1S/C19H30N2O/c1-14-17-6-5-11-20(17)12-13-21(14)18(22)15-7-9-16(10-8-15)19(2,3)4/h5-6,11,14-16H,7-10,12-13H2,1-4H3. The van der Waals surface area contributed by atoms with E-state index in [9.17, 15) is 4.79 Å². The molecule has 1 aromatic heterocycles. The Morgan fingerprint density at radius 1 is 1.14 bits per heavy atom. The van der Waals surface area contributed by atoms with Crippen molar-refractivity contribution in [1.29, 1.82) is 0 Å². The van der Waals surface area contributed by atoms with Gasteiger partial charge in [0.1, 0.15) is 0 Å². The van der Waals surface area contributed by atoms with E-state index in [0.717, 1.165) is 31.8 Å². The quantitative estimate of drug-likeness (QED) is 0.761. The highest BCUT2D eigenvalue weighted by molar-refractivity contribution is 5.79. The van der Waals surface area contributed by atoms with Gasteiger partial charge in [-0.15, -0.1) is 0 Å². The summed E-state index contributed by atoms with van der Waals surface area (Å²) < 4.78 is 2.28. The molecule has 1 amide bonds. The minimum atomic E-state index is 0.219. The number of rotatable bonds is 1. The molecule has 3 rings (SSSR count). The second-order valence-corrected chi connectivity index (χ2v) is 8.25. The first-order valence-electron chi connectivity index (χ1n) is 8.83. The van der Waals surface area contributed by atoms with E-state index in [4.69, 9.17) is 0 Å². The molecule has 3 nitrogen and oxygen atoms in total. The van der Waals surface area contributed by atoms with Gasteiger partial charge in [-0.2, -0.15) is 0 Å². The number of amides is 1. The molecular formula is C19H30N2O. The number of nitrogens with zero attached hydrogens (tertiary/aromatic N) is 2. The van der Waals surface area contributed by atoms with E-state index in [1.807, 2.05) is 0 Å². The van der Waals surface area contributed by atoms with Gasteiger partial charge in [0.25, 0.3) is 0 Å². The highest BCUT2D eigenvalue weighted by Crippen LogP contribution is 2.41. The first-order valence-corrected chi connectivity index (χ1v) is 8.83. The fourth-order valence-corrected chi connectivity index (χ4v) is 4.32. The van der Waals surface area contributed by atoms with Gasteiger partial charge in [0.2, 0.25) is 5.91 Å². The first kappa shape index (κ1) is 15.6. The summed E-state index contributed by atoms with van der Waals surface area (Å²) >= 11 is 0. The van der Waals surface area contributed by atoms with Crippen molar-refractivity contribution in [1.82, 2.24) is 9.47 Å². The van der Waals surface area contributed by atoms with E-state index in [1.54, 1.807) is 0 Å². The Morgan fingerprint density at radius 2 is 1.82 bits per heavy atom. The minimum Gasteiger partial charge on any atom is -0.348 e. The van der Waals surface area contributed by atoms with Gasteiger partial charge in [0, 0.05) is 30.9 Å². The van der Waals surface area contributed by atoms with E-state index >= 15 is 0 Å². The Labute approximate surface area is 134 Å². The van der Waals surface area contributed by atoms with Crippen molar-refractivity contribution >= 4 is 5.91 Å². The van der Waals surface area contributed by atoms with Crippen LogP contribution in [0.3, 0.4) is 0 Å². The number of aromatic nitrogens is 1. The Kier molecular flexibility index (Phi) is 4.09. The maximum atomic E-state index is 13.0. The second kappa shape index (κ2) is 5.75. The summed E-state index contributed by atoms with van der Waals surface area (Å²) in [5.74, 6) is 1.42. The van der Waals surface area contributed by atoms with Crippen LogP contribution in [0.2, 0.25) is 0 Å². The zero-order valence-electron chi connectivity index (χ0n) is 14.5. The molecular weight excluding hydrogens is 272 g/mol. The molecule has 1 aliphatic heterocycles. The molecule has 2 aliphatic rings. The van der Waals surface area contributed by atoms with Gasteiger partial charge in [0.15, 0.2) is 0 Å². The molecule has 22 heavy (non-hydrogen) atoms. The molecule has 0 saturated heterocycles. The highest BCUT2D eigenvalue weighted by Gasteiger charge is 2.36. The lowest BCUT2D eigenvalue weighted by Crippen LogP contribution is -2.44. The van der Waals surface area contributed by atoms with E-state index < -0.39 is 0 Å². The third-order valence-electron chi connectivity index (χ3n) is 5.93. The van der Waals surface area contributed by atoms with Crippen LogP contribution in [-0.4, -0.2) is 21.9 Å². The van der Waals surface area contributed by atoms with Gasteiger partial charge in [-0.05, 0) is 56.1 Å². The van der Waals surface area contributed by atoms with Crippen molar-refractivity contribution in [3.8, 4) is 0 Å². The molecule has 0 bridgehead atoms. The first-order chi connectivity index (χ1) is 10.4.